The van der Waals surface area contributed by atoms with Gasteiger partial charge in [-0.05, 0) is 66.4 Å². The molecule has 3 heterocycles. The number of nitrogens with zero attached hydrogens (tertiary/aromatic N) is 6. The van der Waals surface area contributed by atoms with E-state index >= 15 is 0 Å². The van der Waals surface area contributed by atoms with E-state index in [4.69, 9.17) is 0 Å². The van der Waals surface area contributed by atoms with E-state index in [0.717, 1.165) is 72.4 Å². The lowest BCUT2D eigenvalue weighted by Crippen LogP contribution is -2.49. The molecular weight excluding hydrogens is 450 g/mol. The first-order chi connectivity index (χ1) is 17.6. The molecule has 2 aromatic carbocycles. The zero-order valence-electron chi connectivity index (χ0n) is 21.0. The minimum atomic E-state index is -0.299. The number of hydrogen-bond acceptors (Lipinski definition) is 6. The monoisotopic (exact) mass is 483 g/mol. The molecule has 186 valence electrons. The maximum Gasteiger partial charge on any atom is 0.253 e. The number of benzene rings is 2. The molecule has 2 aromatic heterocycles. The number of para-hydroxylation sites is 1. The summed E-state index contributed by atoms with van der Waals surface area (Å²) in [4.78, 5) is 21.6. The van der Waals surface area contributed by atoms with Crippen LogP contribution in [0.4, 0.5) is 5.69 Å². The highest BCUT2D eigenvalue weighted by Gasteiger charge is 2.35. The Morgan fingerprint density at radius 3 is 2.42 bits per heavy atom. The number of hydrogen-bond donors (Lipinski definition) is 1. The van der Waals surface area contributed by atoms with Crippen molar-refractivity contribution in [1.29, 1.82) is 0 Å². The number of anilines is 1. The maximum absolute atomic E-state index is 13.6. The number of tetrazole rings is 1. The van der Waals surface area contributed by atoms with E-state index in [1.165, 1.54) is 18.5 Å². The zero-order valence-corrected chi connectivity index (χ0v) is 21.0. The Kier molecular flexibility index (Phi) is 6.05. The molecule has 2 fully saturated rings. The van der Waals surface area contributed by atoms with Crippen molar-refractivity contribution in [3.63, 3.8) is 0 Å². The number of pyridine rings is 1. The molecule has 1 atom stereocenters. The largest absolute Gasteiger partial charge is 0.369 e. The van der Waals surface area contributed by atoms with Crippen LogP contribution in [0.5, 0.6) is 0 Å². The number of rotatable bonds is 5. The number of fused-ring (bicyclic) bond motifs is 1. The minimum Gasteiger partial charge on any atom is -0.369 e. The highest BCUT2D eigenvalue weighted by molar-refractivity contribution is 5.85. The molecule has 1 N–H and O–H groups in total. The van der Waals surface area contributed by atoms with Crippen molar-refractivity contribution >= 4 is 16.6 Å². The van der Waals surface area contributed by atoms with Gasteiger partial charge in [0.1, 0.15) is 6.04 Å². The van der Waals surface area contributed by atoms with Gasteiger partial charge in [-0.3, -0.25) is 9.69 Å². The molecule has 1 aliphatic heterocycles. The van der Waals surface area contributed by atoms with Crippen LogP contribution >= 0.6 is 0 Å². The summed E-state index contributed by atoms with van der Waals surface area (Å²) in [6, 6.07) is 16.8. The Morgan fingerprint density at radius 1 is 0.944 bits per heavy atom. The van der Waals surface area contributed by atoms with Crippen molar-refractivity contribution in [3.05, 3.63) is 81.4 Å². The SMILES string of the molecule is Cc1ccc(C)c2[nH]c(=O)c([C@@H](c3nnnn3C3CCCC3)N3CCN(c4ccccc4)CC3)cc12. The quantitative estimate of drug-likeness (QED) is 0.459. The van der Waals surface area contributed by atoms with Crippen LogP contribution in [0, 0.1) is 13.8 Å². The summed E-state index contributed by atoms with van der Waals surface area (Å²) < 4.78 is 2.01. The molecule has 1 saturated carbocycles. The fourth-order valence-electron chi connectivity index (χ4n) is 5.96. The average molecular weight is 484 g/mol. The van der Waals surface area contributed by atoms with Gasteiger partial charge in [-0.15, -0.1) is 5.10 Å². The lowest BCUT2D eigenvalue weighted by Gasteiger charge is -2.39. The van der Waals surface area contributed by atoms with Gasteiger partial charge in [0.15, 0.2) is 5.82 Å². The summed E-state index contributed by atoms with van der Waals surface area (Å²) in [5.41, 5.74) is 5.02. The molecule has 1 aliphatic carbocycles. The fraction of sp³-hybridized carbons (Fsp3) is 0.429. The zero-order chi connectivity index (χ0) is 24.6. The molecule has 8 nitrogen and oxygen atoms in total. The van der Waals surface area contributed by atoms with Crippen molar-refractivity contribution in [2.75, 3.05) is 31.1 Å². The van der Waals surface area contributed by atoms with Crippen LogP contribution in [0.15, 0.2) is 53.3 Å². The smallest absolute Gasteiger partial charge is 0.253 e. The summed E-state index contributed by atoms with van der Waals surface area (Å²) in [5, 5.41) is 14.2. The predicted octanol–water partition coefficient (Wildman–Crippen LogP) is 4.16. The molecule has 0 unspecified atom stereocenters. The van der Waals surface area contributed by atoms with Crippen LogP contribution in [0.3, 0.4) is 0 Å². The average Bonchev–Trinajstić information content (AvgIpc) is 3.61. The van der Waals surface area contributed by atoms with Crippen LogP contribution in [-0.2, 0) is 0 Å². The second kappa shape index (κ2) is 9.50. The van der Waals surface area contributed by atoms with Gasteiger partial charge >= 0.3 is 0 Å². The van der Waals surface area contributed by atoms with E-state index in [1.807, 2.05) is 17.7 Å². The Hall–Kier alpha value is -3.52. The van der Waals surface area contributed by atoms with Crippen molar-refractivity contribution in [1.82, 2.24) is 30.1 Å². The van der Waals surface area contributed by atoms with Crippen LogP contribution < -0.4 is 10.5 Å². The third-order valence-electron chi connectivity index (χ3n) is 8.00. The Labute approximate surface area is 210 Å². The normalized spacial score (nSPS) is 18.2. The second-order valence-corrected chi connectivity index (χ2v) is 10.2. The molecule has 36 heavy (non-hydrogen) atoms. The summed E-state index contributed by atoms with van der Waals surface area (Å²) in [7, 11) is 0. The van der Waals surface area contributed by atoms with Crippen LogP contribution in [0.25, 0.3) is 10.9 Å². The van der Waals surface area contributed by atoms with E-state index in [-0.39, 0.29) is 11.6 Å². The first kappa shape index (κ1) is 22.9. The molecular formula is C28H33N7O. The molecule has 1 saturated heterocycles. The van der Waals surface area contributed by atoms with Gasteiger partial charge in [-0.25, -0.2) is 4.68 Å². The minimum absolute atomic E-state index is 0.0624. The number of piperazine rings is 1. The Bertz CT molecular complexity index is 1410. The number of aromatic amines is 1. The fourth-order valence-corrected chi connectivity index (χ4v) is 5.96. The van der Waals surface area contributed by atoms with E-state index in [2.05, 4.69) is 79.7 Å². The van der Waals surface area contributed by atoms with Gasteiger partial charge in [-0.1, -0.05) is 43.2 Å². The molecule has 0 radical (unpaired) electrons. The van der Waals surface area contributed by atoms with Crippen LogP contribution in [0.1, 0.15) is 60.3 Å². The van der Waals surface area contributed by atoms with Crippen LogP contribution in [0.2, 0.25) is 0 Å². The standard InChI is InChI=1S/C28H33N7O/c1-19-12-13-20(2)25-23(19)18-24(28(36)29-25)26(27-30-31-32-35(27)22-10-6-7-11-22)34-16-14-33(15-17-34)21-8-4-3-5-9-21/h3-5,8-9,12-13,18,22,26H,6-7,10-11,14-17H2,1-2H3,(H,29,36)/t26-/m0/s1. The third-order valence-corrected chi connectivity index (χ3v) is 8.00. The van der Waals surface area contributed by atoms with Crippen molar-refractivity contribution in [2.24, 2.45) is 0 Å². The Morgan fingerprint density at radius 2 is 1.67 bits per heavy atom. The second-order valence-electron chi connectivity index (χ2n) is 10.2. The molecule has 2 aliphatic rings. The van der Waals surface area contributed by atoms with Crippen molar-refractivity contribution in [2.45, 2.75) is 51.6 Å². The van der Waals surface area contributed by atoms with Gasteiger partial charge in [0, 0.05) is 42.8 Å². The first-order valence-corrected chi connectivity index (χ1v) is 13.0. The summed E-state index contributed by atoms with van der Waals surface area (Å²) in [5.74, 6) is 0.783. The highest BCUT2D eigenvalue weighted by atomic mass is 16.1. The van der Waals surface area contributed by atoms with Crippen molar-refractivity contribution in [3.8, 4) is 0 Å². The third kappa shape index (κ3) is 4.09. The lowest BCUT2D eigenvalue weighted by molar-refractivity contribution is 0.197. The summed E-state index contributed by atoms with van der Waals surface area (Å²) in [6.07, 6.45) is 4.55. The molecule has 6 rings (SSSR count). The van der Waals surface area contributed by atoms with Gasteiger partial charge in [0.2, 0.25) is 0 Å². The lowest BCUT2D eigenvalue weighted by atomic mass is 9.99. The van der Waals surface area contributed by atoms with E-state index < -0.39 is 0 Å². The van der Waals surface area contributed by atoms with Gasteiger partial charge < -0.3 is 9.88 Å². The van der Waals surface area contributed by atoms with E-state index in [0.29, 0.717) is 6.04 Å². The van der Waals surface area contributed by atoms with Crippen molar-refractivity contribution < 1.29 is 0 Å². The predicted molar refractivity (Wildman–Crippen MR) is 141 cm³/mol. The number of nitrogens with one attached hydrogen (secondary N) is 1. The van der Waals surface area contributed by atoms with Gasteiger partial charge in [0.25, 0.3) is 5.56 Å². The molecule has 8 heteroatoms. The molecule has 4 aromatic rings. The first-order valence-electron chi connectivity index (χ1n) is 13.0. The van der Waals surface area contributed by atoms with Gasteiger partial charge in [-0.2, -0.15) is 0 Å². The van der Waals surface area contributed by atoms with Gasteiger partial charge in [0.05, 0.1) is 11.6 Å². The van der Waals surface area contributed by atoms with E-state index in [1.54, 1.807) is 0 Å². The molecule has 0 amide bonds. The maximum atomic E-state index is 13.6. The van der Waals surface area contributed by atoms with E-state index in [9.17, 15) is 4.79 Å². The topological polar surface area (TPSA) is 82.9 Å². The number of H-pyrrole nitrogens is 1. The number of aromatic nitrogens is 5. The molecule has 0 spiro atoms. The summed E-state index contributed by atoms with van der Waals surface area (Å²) >= 11 is 0. The molecule has 0 bridgehead atoms. The Balaban J connectivity index is 1.42. The number of aryl methyl sites for hydroxylation is 2. The highest BCUT2D eigenvalue weighted by Crippen LogP contribution is 2.35. The van der Waals surface area contributed by atoms with Crippen LogP contribution in [-0.4, -0.2) is 56.3 Å². The summed E-state index contributed by atoms with van der Waals surface area (Å²) in [6.45, 7) is 7.55.